The van der Waals surface area contributed by atoms with Gasteiger partial charge in [0.05, 0.1) is 5.69 Å². The number of anilines is 1. The lowest BCUT2D eigenvalue weighted by atomic mass is 10.2. The van der Waals surface area contributed by atoms with Gasteiger partial charge in [-0.1, -0.05) is 12.1 Å². The van der Waals surface area contributed by atoms with Crippen LogP contribution in [0.5, 0.6) is 0 Å². The van der Waals surface area contributed by atoms with Crippen LogP contribution in [0.3, 0.4) is 0 Å². The van der Waals surface area contributed by atoms with Crippen LogP contribution >= 0.6 is 11.8 Å². The van der Waals surface area contributed by atoms with Gasteiger partial charge in [-0.3, -0.25) is 0 Å². The first-order valence-corrected chi connectivity index (χ1v) is 5.92. The Bertz CT molecular complexity index is 324. The van der Waals surface area contributed by atoms with Crippen molar-refractivity contribution in [1.82, 2.24) is 0 Å². The predicted molar refractivity (Wildman–Crippen MR) is 57.5 cm³/mol. The molecule has 0 radical (unpaired) electrons. The van der Waals surface area contributed by atoms with Crippen molar-refractivity contribution in [3.63, 3.8) is 0 Å². The first kappa shape index (κ1) is 7.74. The highest BCUT2D eigenvalue weighted by atomic mass is 32.2. The van der Waals surface area contributed by atoms with Crippen molar-refractivity contribution in [2.24, 2.45) is 0 Å². The van der Waals surface area contributed by atoms with Crippen LogP contribution in [0.4, 0.5) is 5.69 Å². The maximum atomic E-state index is 2.59. The predicted octanol–water partition coefficient (Wildman–Crippen LogP) is 2.76. The third kappa shape index (κ3) is 1.16. The summed E-state index contributed by atoms with van der Waals surface area (Å²) in [6, 6.07) is 9.62. The highest BCUT2D eigenvalue weighted by Crippen LogP contribution is 2.40. The van der Waals surface area contributed by atoms with Crippen molar-refractivity contribution in [2.75, 3.05) is 17.2 Å². The average Bonchev–Trinajstić information content (AvgIpc) is 2.65. The van der Waals surface area contributed by atoms with Gasteiger partial charge in [-0.15, -0.1) is 11.8 Å². The van der Waals surface area contributed by atoms with Crippen molar-refractivity contribution >= 4 is 17.4 Å². The van der Waals surface area contributed by atoms with Gasteiger partial charge in [-0.2, -0.15) is 0 Å². The number of hydrogen-bond donors (Lipinski definition) is 0. The summed E-state index contributed by atoms with van der Waals surface area (Å²) in [6.45, 7) is 1.27. The van der Waals surface area contributed by atoms with E-state index in [1.807, 2.05) is 11.8 Å². The molecule has 0 N–H and O–H groups in total. The molecule has 1 nitrogen and oxygen atoms in total. The van der Waals surface area contributed by atoms with Gasteiger partial charge in [0.25, 0.3) is 0 Å². The number of hydrogen-bond acceptors (Lipinski definition) is 2. The molecule has 1 fully saturated rings. The van der Waals surface area contributed by atoms with E-state index in [4.69, 9.17) is 0 Å². The Morgan fingerprint density at radius 3 is 3.23 bits per heavy atom. The van der Waals surface area contributed by atoms with Gasteiger partial charge in [0, 0.05) is 23.2 Å². The topological polar surface area (TPSA) is 3.24 Å². The lowest BCUT2D eigenvalue weighted by Crippen LogP contribution is -2.33. The lowest BCUT2D eigenvalue weighted by molar-refractivity contribution is 0.732. The fourth-order valence-electron chi connectivity index (χ4n) is 2.33. The van der Waals surface area contributed by atoms with Crippen LogP contribution in [-0.4, -0.2) is 18.3 Å². The normalized spacial score (nSPS) is 25.5. The summed E-state index contributed by atoms with van der Waals surface area (Å²) in [5.41, 5.74) is 1.47. The number of nitrogens with zero attached hydrogens (tertiary/aromatic N) is 1. The second-order valence-electron chi connectivity index (χ2n) is 3.77. The van der Waals surface area contributed by atoms with Crippen molar-refractivity contribution in [1.29, 1.82) is 0 Å². The molecular weight excluding hydrogens is 178 g/mol. The van der Waals surface area contributed by atoms with Gasteiger partial charge in [0.2, 0.25) is 0 Å². The Balaban J connectivity index is 2.06. The molecule has 2 aliphatic rings. The average molecular weight is 191 g/mol. The second-order valence-corrected chi connectivity index (χ2v) is 4.83. The zero-order chi connectivity index (χ0) is 8.67. The van der Waals surface area contributed by atoms with Gasteiger partial charge < -0.3 is 4.90 Å². The van der Waals surface area contributed by atoms with E-state index < -0.39 is 0 Å². The second kappa shape index (κ2) is 2.95. The Hall–Kier alpha value is -0.630. The summed E-state index contributed by atoms with van der Waals surface area (Å²) >= 11 is 2.02. The summed E-state index contributed by atoms with van der Waals surface area (Å²) in [4.78, 5) is 4.06. The summed E-state index contributed by atoms with van der Waals surface area (Å²) in [5.74, 6) is 1.29. The van der Waals surface area contributed by atoms with E-state index in [1.165, 1.54) is 35.7 Å². The minimum absolute atomic E-state index is 0.819. The summed E-state index contributed by atoms with van der Waals surface area (Å²) in [5, 5.41) is 0. The van der Waals surface area contributed by atoms with Crippen LogP contribution in [0.2, 0.25) is 0 Å². The van der Waals surface area contributed by atoms with E-state index in [2.05, 4.69) is 29.2 Å². The third-order valence-corrected chi connectivity index (χ3v) is 4.19. The van der Waals surface area contributed by atoms with E-state index in [1.54, 1.807) is 0 Å². The molecular formula is C11H13NS. The van der Waals surface area contributed by atoms with Gasteiger partial charge >= 0.3 is 0 Å². The summed E-state index contributed by atoms with van der Waals surface area (Å²) in [7, 11) is 0. The Labute approximate surface area is 83.1 Å². The monoisotopic (exact) mass is 191 g/mol. The molecule has 68 valence electrons. The maximum absolute atomic E-state index is 2.59. The zero-order valence-electron chi connectivity index (χ0n) is 7.57. The van der Waals surface area contributed by atoms with E-state index in [9.17, 15) is 0 Å². The zero-order valence-corrected chi connectivity index (χ0v) is 8.39. The van der Waals surface area contributed by atoms with Gasteiger partial charge in [-0.05, 0) is 25.0 Å². The smallest absolute Gasteiger partial charge is 0.0507 e. The van der Waals surface area contributed by atoms with Gasteiger partial charge in [-0.25, -0.2) is 0 Å². The summed E-state index contributed by atoms with van der Waals surface area (Å²) < 4.78 is 0. The Kier molecular flexibility index (Phi) is 1.76. The number of fused-ring (bicyclic) bond motifs is 3. The molecule has 0 amide bonds. The molecule has 2 heterocycles. The van der Waals surface area contributed by atoms with Crippen LogP contribution in [0, 0.1) is 0 Å². The first-order chi connectivity index (χ1) is 6.45. The van der Waals surface area contributed by atoms with Crippen molar-refractivity contribution in [2.45, 2.75) is 23.8 Å². The minimum atomic E-state index is 0.819. The van der Waals surface area contributed by atoms with Crippen LogP contribution in [-0.2, 0) is 0 Å². The molecule has 1 aromatic rings. The fraction of sp³-hybridized carbons (Fsp3) is 0.455. The quantitative estimate of drug-likeness (QED) is 0.620. The van der Waals surface area contributed by atoms with Crippen LogP contribution in [0.1, 0.15) is 12.8 Å². The van der Waals surface area contributed by atoms with Crippen molar-refractivity contribution in [3.8, 4) is 0 Å². The number of para-hydroxylation sites is 1. The fourth-order valence-corrected chi connectivity index (χ4v) is 3.56. The molecule has 1 atom stereocenters. The Morgan fingerprint density at radius 1 is 1.31 bits per heavy atom. The maximum Gasteiger partial charge on any atom is 0.0507 e. The first-order valence-electron chi connectivity index (χ1n) is 4.93. The molecule has 0 aliphatic carbocycles. The molecule has 0 aromatic heterocycles. The standard InChI is InChI=1S/C11H13NS/c1-2-6-11-10(5-1)12-7-3-4-9(12)8-13-11/h1-2,5-6,9H,3-4,7-8H2. The highest BCUT2D eigenvalue weighted by Gasteiger charge is 2.29. The van der Waals surface area contributed by atoms with E-state index in [0.29, 0.717) is 0 Å². The molecule has 2 aliphatic heterocycles. The Morgan fingerprint density at radius 2 is 2.23 bits per heavy atom. The van der Waals surface area contributed by atoms with Crippen molar-refractivity contribution in [3.05, 3.63) is 24.3 Å². The van der Waals surface area contributed by atoms with E-state index in [-0.39, 0.29) is 0 Å². The molecule has 1 saturated heterocycles. The summed E-state index contributed by atoms with van der Waals surface area (Å²) in [6.07, 6.45) is 2.76. The molecule has 1 unspecified atom stereocenters. The molecule has 2 heteroatoms. The molecule has 13 heavy (non-hydrogen) atoms. The molecule has 3 rings (SSSR count). The number of rotatable bonds is 0. The third-order valence-electron chi connectivity index (χ3n) is 2.98. The highest BCUT2D eigenvalue weighted by molar-refractivity contribution is 7.99. The van der Waals surface area contributed by atoms with Crippen LogP contribution in [0.25, 0.3) is 0 Å². The minimum Gasteiger partial charge on any atom is -0.367 e. The largest absolute Gasteiger partial charge is 0.367 e. The SMILES string of the molecule is c1ccc2c(c1)SCC1CCCN21. The molecule has 0 bridgehead atoms. The van der Waals surface area contributed by atoms with Crippen LogP contribution < -0.4 is 4.90 Å². The van der Waals surface area contributed by atoms with E-state index >= 15 is 0 Å². The molecule has 0 spiro atoms. The lowest BCUT2D eigenvalue weighted by Gasteiger charge is -2.32. The number of thioether (sulfide) groups is 1. The van der Waals surface area contributed by atoms with Crippen LogP contribution in [0.15, 0.2) is 29.2 Å². The van der Waals surface area contributed by atoms with Gasteiger partial charge in [0.1, 0.15) is 0 Å². The number of benzene rings is 1. The molecule has 0 saturated carbocycles. The van der Waals surface area contributed by atoms with Gasteiger partial charge in [0.15, 0.2) is 0 Å². The molecule has 1 aromatic carbocycles. The van der Waals surface area contributed by atoms with Crippen molar-refractivity contribution < 1.29 is 0 Å². The van der Waals surface area contributed by atoms with E-state index in [0.717, 1.165) is 6.04 Å².